The maximum Gasteiger partial charge on any atom is 0.410 e. The smallest absolute Gasteiger partial charge is 0.410 e. The van der Waals surface area contributed by atoms with Crippen molar-refractivity contribution >= 4 is 17.6 Å². The third kappa shape index (κ3) is 5.81. The highest BCUT2D eigenvalue weighted by molar-refractivity contribution is 5.93. The van der Waals surface area contributed by atoms with E-state index in [0.717, 1.165) is 47.6 Å². The van der Waals surface area contributed by atoms with Crippen LogP contribution < -0.4 is 5.32 Å². The fourth-order valence-corrected chi connectivity index (χ4v) is 4.80. The third-order valence-electron chi connectivity index (χ3n) is 6.76. The van der Waals surface area contributed by atoms with Crippen LogP contribution in [0.4, 0.5) is 4.79 Å². The molecule has 0 fully saturated rings. The van der Waals surface area contributed by atoms with Crippen molar-refractivity contribution in [3.8, 4) is 0 Å². The van der Waals surface area contributed by atoms with Gasteiger partial charge < -0.3 is 19.5 Å². The molecule has 2 aliphatic rings. The molecule has 0 unspecified atom stereocenters. The van der Waals surface area contributed by atoms with E-state index < -0.39 is 0 Å². The van der Waals surface area contributed by atoms with E-state index in [-0.39, 0.29) is 17.5 Å². The number of nitrogens with one attached hydrogen (secondary N) is 1. The van der Waals surface area contributed by atoms with E-state index in [0.29, 0.717) is 37.5 Å². The molecule has 9 nitrogen and oxygen atoms in total. The van der Waals surface area contributed by atoms with Crippen LogP contribution in [0.3, 0.4) is 0 Å². The van der Waals surface area contributed by atoms with Gasteiger partial charge in [0.1, 0.15) is 11.5 Å². The Morgan fingerprint density at radius 3 is 2.76 bits per heavy atom. The highest BCUT2D eigenvalue weighted by Crippen LogP contribution is 2.34. The number of aromatic nitrogens is 4. The van der Waals surface area contributed by atoms with Gasteiger partial charge in [0.05, 0.1) is 6.61 Å². The van der Waals surface area contributed by atoms with Crippen LogP contribution in [0.2, 0.25) is 0 Å². The molecule has 4 heterocycles. The van der Waals surface area contributed by atoms with Gasteiger partial charge in [0.2, 0.25) is 0 Å². The molecule has 0 spiro atoms. The number of amides is 2. The van der Waals surface area contributed by atoms with Gasteiger partial charge >= 0.3 is 6.09 Å². The summed E-state index contributed by atoms with van der Waals surface area (Å²) in [4.78, 5) is 31.0. The number of hydrogen-bond donors (Lipinski definition) is 1. The summed E-state index contributed by atoms with van der Waals surface area (Å²) in [5, 5.41) is 11.8. The first-order valence-electron chi connectivity index (χ1n) is 12.9. The number of aryl methyl sites for hydroxylation is 1. The predicted octanol–water partition coefficient (Wildman–Crippen LogP) is 4.55. The Morgan fingerprint density at radius 1 is 1.19 bits per heavy atom. The Bertz CT molecular complexity index is 1270. The largest absolute Gasteiger partial charge is 0.450 e. The summed E-state index contributed by atoms with van der Waals surface area (Å²) < 4.78 is 7.36. The van der Waals surface area contributed by atoms with Crippen LogP contribution in [0.5, 0.6) is 0 Å². The number of fused-ring (bicyclic) bond motifs is 2. The van der Waals surface area contributed by atoms with Gasteiger partial charge in [0.25, 0.3) is 5.91 Å². The van der Waals surface area contributed by atoms with E-state index in [4.69, 9.17) is 4.74 Å². The fraction of sp³-hybridized carbons (Fsp3) is 0.464. The fourth-order valence-electron chi connectivity index (χ4n) is 4.80. The average molecular weight is 505 g/mol. The second-order valence-electron chi connectivity index (χ2n) is 10.0. The van der Waals surface area contributed by atoms with Crippen molar-refractivity contribution < 1.29 is 14.3 Å². The summed E-state index contributed by atoms with van der Waals surface area (Å²) in [6.45, 7) is 11.5. The maximum absolute atomic E-state index is 12.9. The maximum atomic E-state index is 12.9. The molecule has 37 heavy (non-hydrogen) atoms. The van der Waals surface area contributed by atoms with Crippen LogP contribution in [-0.4, -0.2) is 49.8 Å². The number of pyridine rings is 1. The molecule has 0 aliphatic carbocycles. The summed E-state index contributed by atoms with van der Waals surface area (Å²) in [7, 11) is 0. The van der Waals surface area contributed by atoms with Gasteiger partial charge in [-0.3, -0.25) is 9.78 Å². The predicted molar refractivity (Wildman–Crippen MR) is 142 cm³/mol. The number of ether oxygens (including phenoxy) is 1. The van der Waals surface area contributed by atoms with Gasteiger partial charge in [-0.15, -0.1) is 10.2 Å². The summed E-state index contributed by atoms with van der Waals surface area (Å²) in [5.74, 6) is 1.61. The van der Waals surface area contributed by atoms with Crippen molar-refractivity contribution in [3.05, 3.63) is 70.7 Å². The quantitative estimate of drug-likeness (QED) is 0.555. The number of carbonyl (C=O) groups excluding carboxylic acids is 2. The molecule has 0 saturated carbocycles. The molecule has 0 atom stereocenters. The third-order valence-corrected chi connectivity index (χ3v) is 6.76. The monoisotopic (exact) mass is 504 g/mol. The molecular formula is C28H36N6O3. The Morgan fingerprint density at radius 2 is 2.00 bits per heavy atom. The van der Waals surface area contributed by atoms with Crippen molar-refractivity contribution in [2.75, 3.05) is 13.2 Å². The van der Waals surface area contributed by atoms with E-state index in [1.807, 2.05) is 25.2 Å². The molecule has 9 heteroatoms. The first-order chi connectivity index (χ1) is 17.7. The first kappa shape index (κ1) is 26.3. The standard InChI is InChI=1S/C28H36N6O3/c1-6-9-20(25-32-31-24-12-14-28(4,5)34(24)25)11-8-10-19(3)30-26(35)23-16-22-18-33(27(36)37-7-2)15-13-21(22)17-29-23/h8-11,16-17H,6-7,12-15,18H2,1-5H3,(H,30,35)/b11-8-,19-10+,20-9-. The molecule has 4 rings (SSSR count). The van der Waals surface area contributed by atoms with Gasteiger partial charge in [0.15, 0.2) is 5.82 Å². The van der Waals surface area contributed by atoms with Crippen LogP contribution in [0.25, 0.3) is 5.57 Å². The lowest BCUT2D eigenvalue weighted by molar-refractivity contribution is 0.0960. The minimum absolute atomic E-state index is 0.0101. The van der Waals surface area contributed by atoms with Crippen molar-refractivity contribution in [2.45, 2.75) is 72.4 Å². The van der Waals surface area contributed by atoms with Crippen LogP contribution in [0.15, 0.2) is 42.3 Å². The summed E-state index contributed by atoms with van der Waals surface area (Å²) >= 11 is 0. The van der Waals surface area contributed by atoms with Gasteiger partial charge in [-0.1, -0.05) is 25.2 Å². The molecule has 2 aliphatic heterocycles. The van der Waals surface area contributed by atoms with Gasteiger partial charge in [-0.25, -0.2) is 4.79 Å². The Balaban J connectivity index is 1.44. The topological polar surface area (TPSA) is 102 Å². The number of carbonyl (C=O) groups is 2. The summed E-state index contributed by atoms with van der Waals surface area (Å²) in [6.07, 6.45) is 12.9. The van der Waals surface area contributed by atoms with Crippen LogP contribution in [-0.2, 0) is 29.7 Å². The van der Waals surface area contributed by atoms with E-state index in [2.05, 4.69) is 51.9 Å². The molecule has 0 bridgehead atoms. The second kappa shape index (κ2) is 11.1. The van der Waals surface area contributed by atoms with E-state index in [9.17, 15) is 9.59 Å². The van der Waals surface area contributed by atoms with Crippen LogP contribution in [0.1, 0.15) is 80.7 Å². The zero-order chi connectivity index (χ0) is 26.6. The first-order valence-corrected chi connectivity index (χ1v) is 12.9. The van der Waals surface area contributed by atoms with Gasteiger partial charge in [-0.2, -0.15) is 0 Å². The minimum Gasteiger partial charge on any atom is -0.450 e. The Hall–Kier alpha value is -3.75. The highest BCUT2D eigenvalue weighted by Gasteiger charge is 2.33. The number of nitrogens with zero attached hydrogens (tertiary/aromatic N) is 5. The van der Waals surface area contributed by atoms with E-state index >= 15 is 0 Å². The van der Waals surface area contributed by atoms with Crippen molar-refractivity contribution in [2.24, 2.45) is 0 Å². The molecule has 2 aromatic heterocycles. The van der Waals surface area contributed by atoms with Crippen molar-refractivity contribution in [3.63, 3.8) is 0 Å². The molecule has 2 amide bonds. The van der Waals surface area contributed by atoms with Crippen molar-refractivity contribution in [1.29, 1.82) is 0 Å². The lowest BCUT2D eigenvalue weighted by atomic mass is 10.0. The Kier molecular flexibility index (Phi) is 7.90. The van der Waals surface area contributed by atoms with Gasteiger partial charge in [-0.05, 0) is 70.2 Å². The lowest BCUT2D eigenvalue weighted by Gasteiger charge is -2.28. The van der Waals surface area contributed by atoms with Gasteiger partial charge in [0, 0.05) is 42.5 Å². The van der Waals surface area contributed by atoms with Crippen molar-refractivity contribution in [1.82, 2.24) is 30.0 Å². The normalized spacial score (nSPS) is 17.1. The zero-order valence-electron chi connectivity index (χ0n) is 22.4. The zero-order valence-corrected chi connectivity index (χ0v) is 22.4. The summed E-state index contributed by atoms with van der Waals surface area (Å²) in [6, 6.07) is 1.76. The molecule has 0 radical (unpaired) electrons. The number of hydrogen-bond acceptors (Lipinski definition) is 6. The SMILES string of the molecule is CC/C=C(/C=C\C=C(/C)NC(=O)c1cc2c(cn1)CCN(C(=O)OCC)C2)c1nnc2n1C(C)(C)CC2. The number of allylic oxidation sites excluding steroid dienone is 6. The van der Waals surface area contributed by atoms with Crippen LogP contribution in [0, 0.1) is 0 Å². The summed E-state index contributed by atoms with van der Waals surface area (Å²) in [5.41, 5.74) is 3.97. The minimum atomic E-state index is -0.335. The second-order valence-corrected chi connectivity index (χ2v) is 10.0. The Labute approximate surface area is 218 Å². The van der Waals surface area contributed by atoms with Crippen LogP contribution >= 0.6 is 0 Å². The molecule has 1 N–H and O–H groups in total. The van der Waals surface area contributed by atoms with E-state index in [1.54, 1.807) is 24.1 Å². The number of rotatable bonds is 7. The highest BCUT2D eigenvalue weighted by atomic mass is 16.6. The molecular weight excluding hydrogens is 468 g/mol. The molecule has 196 valence electrons. The molecule has 2 aromatic rings. The van der Waals surface area contributed by atoms with E-state index in [1.165, 1.54) is 0 Å². The molecule has 0 aromatic carbocycles. The average Bonchev–Trinajstić information content (AvgIpc) is 3.44. The molecule has 0 saturated heterocycles. The lowest BCUT2D eigenvalue weighted by Crippen LogP contribution is -2.36.